The van der Waals surface area contributed by atoms with E-state index in [-0.39, 0.29) is 16.5 Å². The summed E-state index contributed by atoms with van der Waals surface area (Å²) in [5.41, 5.74) is -0.802. The fourth-order valence-electron chi connectivity index (χ4n) is 1.41. The van der Waals surface area contributed by atoms with Crippen LogP contribution in [0.4, 0.5) is 15.9 Å². The van der Waals surface area contributed by atoms with Crippen LogP contribution in [0.5, 0.6) is 0 Å². The summed E-state index contributed by atoms with van der Waals surface area (Å²) in [5, 5.41) is 13.0. The van der Waals surface area contributed by atoms with E-state index in [1.54, 1.807) is 0 Å². The molecule has 0 saturated carbocycles. The van der Waals surface area contributed by atoms with Crippen LogP contribution in [-0.4, -0.2) is 20.8 Å². The number of carbonyl (C=O) groups excluding carboxylic acids is 1. The summed E-state index contributed by atoms with van der Waals surface area (Å²) in [6.07, 6.45) is 0.871. The number of rotatable bonds is 3. The molecule has 0 aliphatic rings. The Morgan fingerprint density at radius 2 is 2.20 bits per heavy atom. The number of carbonyl (C=O) groups is 1. The predicted molar refractivity (Wildman–Crippen MR) is 68.0 cm³/mol. The van der Waals surface area contributed by atoms with E-state index in [0.717, 1.165) is 18.3 Å². The van der Waals surface area contributed by atoms with Crippen molar-refractivity contribution in [1.29, 1.82) is 0 Å². The molecule has 7 nitrogen and oxygen atoms in total. The number of amides is 1. The number of nitro groups is 1. The number of halogens is 2. The minimum atomic E-state index is -0.834. The summed E-state index contributed by atoms with van der Waals surface area (Å²) in [6, 6.07) is 4.83. The van der Waals surface area contributed by atoms with Crippen molar-refractivity contribution in [2.45, 2.75) is 0 Å². The SMILES string of the molecule is O=C(Nc1cccc(F)n1)c1cc(Cl)ncc1[N+](=O)[O-]. The van der Waals surface area contributed by atoms with Crippen molar-refractivity contribution in [2.24, 2.45) is 0 Å². The molecule has 2 heterocycles. The average Bonchev–Trinajstić information content (AvgIpc) is 2.38. The summed E-state index contributed by atoms with van der Waals surface area (Å²) >= 11 is 5.60. The lowest BCUT2D eigenvalue weighted by atomic mass is 10.2. The molecule has 20 heavy (non-hydrogen) atoms. The average molecular weight is 297 g/mol. The van der Waals surface area contributed by atoms with E-state index in [2.05, 4.69) is 15.3 Å². The molecule has 0 bridgehead atoms. The Morgan fingerprint density at radius 1 is 1.45 bits per heavy atom. The van der Waals surface area contributed by atoms with Gasteiger partial charge in [0.2, 0.25) is 5.95 Å². The molecule has 0 fully saturated rings. The molecule has 0 radical (unpaired) electrons. The monoisotopic (exact) mass is 296 g/mol. The van der Waals surface area contributed by atoms with Gasteiger partial charge in [0.1, 0.15) is 22.7 Å². The van der Waals surface area contributed by atoms with Crippen molar-refractivity contribution in [3.8, 4) is 0 Å². The van der Waals surface area contributed by atoms with Crippen LogP contribution < -0.4 is 5.32 Å². The highest BCUT2D eigenvalue weighted by Crippen LogP contribution is 2.21. The quantitative estimate of drug-likeness (QED) is 0.533. The van der Waals surface area contributed by atoms with E-state index in [1.807, 2.05) is 0 Å². The minimum absolute atomic E-state index is 0.0720. The van der Waals surface area contributed by atoms with Crippen LogP contribution in [0.1, 0.15) is 10.4 Å². The van der Waals surface area contributed by atoms with E-state index in [0.29, 0.717) is 0 Å². The fourth-order valence-corrected chi connectivity index (χ4v) is 1.57. The maximum Gasteiger partial charge on any atom is 0.300 e. The first-order chi connectivity index (χ1) is 9.47. The van der Waals surface area contributed by atoms with Gasteiger partial charge in [0.05, 0.1) is 4.92 Å². The third kappa shape index (κ3) is 3.04. The number of nitrogens with zero attached hydrogens (tertiary/aromatic N) is 3. The van der Waals surface area contributed by atoms with Crippen LogP contribution in [0.25, 0.3) is 0 Å². The zero-order valence-electron chi connectivity index (χ0n) is 9.71. The number of anilines is 1. The molecule has 1 N–H and O–H groups in total. The molecule has 0 unspecified atom stereocenters. The third-order valence-electron chi connectivity index (χ3n) is 2.25. The Hall–Kier alpha value is -2.61. The number of nitrogens with one attached hydrogen (secondary N) is 1. The first kappa shape index (κ1) is 13.8. The first-order valence-corrected chi connectivity index (χ1v) is 5.59. The van der Waals surface area contributed by atoms with Crippen LogP contribution in [0.2, 0.25) is 5.15 Å². The second kappa shape index (κ2) is 5.57. The second-order valence-corrected chi connectivity index (χ2v) is 3.97. The van der Waals surface area contributed by atoms with Crippen molar-refractivity contribution in [1.82, 2.24) is 9.97 Å². The topological polar surface area (TPSA) is 98.0 Å². The molecule has 2 rings (SSSR count). The van der Waals surface area contributed by atoms with Crippen molar-refractivity contribution in [3.05, 3.63) is 57.2 Å². The first-order valence-electron chi connectivity index (χ1n) is 5.21. The van der Waals surface area contributed by atoms with Gasteiger partial charge in [-0.1, -0.05) is 17.7 Å². The van der Waals surface area contributed by atoms with Gasteiger partial charge in [0, 0.05) is 0 Å². The third-order valence-corrected chi connectivity index (χ3v) is 2.45. The highest BCUT2D eigenvalue weighted by atomic mass is 35.5. The van der Waals surface area contributed by atoms with Crippen LogP contribution in [0.3, 0.4) is 0 Å². The van der Waals surface area contributed by atoms with Crippen molar-refractivity contribution < 1.29 is 14.1 Å². The molecule has 1 amide bonds. The van der Waals surface area contributed by atoms with E-state index < -0.39 is 22.5 Å². The largest absolute Gasteiger partial charge is 0.306 e. The Balaban J connectivity index is 2.34. The van der Waals surface area contributed by atoms with E-state index in [4.69, 9.17) is 11.6 Å². The lowest BCUT2D eigenvalue weighted by Gasteiger charge is -2.05. The van der Waals surface area contributed by atoms with Gasteiger partial charge in [0.15, 0.2) is 0 Å². The van der Waals surface area contributed by atoms with Gasteiger partial charge in [0.25, 0.3) is 11.6 Å². The van der Waals surface area contributed by atoms with Crippen molar-refractivity contribution >= 4 is 29.0 Å². The van der Waals surface area contributed by atoms with Gasteiger partial charge in [-0.25, -0.2) is 9.97 Å². The Labute approximate surface area is 116 Å². The van der Waals surface area contributed by atoms with Gasteiger partial charge in [-0.15, -0.1) is 0 Å². The summed E-state index contributed by atoms with van der Waals surface area (Å²) in [7, 11) is 0. The molecule has 2 aromatic heterocycles. The van der Waals surface area contributed by atoms with E-state index in [9.17, 15) is 19.3 Å². The maximum atomic E-state index is 12.9. The van der Waals surface area contributed by atoms with Crippen LogP contribution in [0, 0.1) is 16.1 Å². The van der Waals surface area contributed by atoms with Crippen LogP contribution in [0.15, 0.2) is 30.5 Å². The Kier molecular flexibility index (Phi) is 3.85. The lowest BCUT2D eigenvalue weighted by Crippen LogP contribution is -2.15. The van der Waals surface area contributed by atoms with Crippen LogP contribution in [-0.2, 0) is 0 Å². The molecule has 2 aromatic rings. The molecule has 0 saturated heterocycles. The van der Waals surface area contributed by atoms with Gasteiger partial charge in [-0.3, -0.25) is 14.9 Å². The molecule has 102 valence electrons. The van der Waals surface area contributed by atoms with Gasteiger partial charge >= 0.3 is 0 Å². The van der Waals surface area contributed by atoms with Crippen LogP contribution >= 0.6 is 11.6 Å². The second-order valence-electron chi connectivity index (χ2n) is 3.58. The minimum Gasteiger partial charge on any atom is -0.306 e. The molecule has 0 atom stereocenters. The Bertz CT molecular complexity index is 695. The summed E-state index contributed by atoms with van der Waals surface area (Å²) in [6.45, 7) is 0. The van der Waals surface area contributed by atoms with E-state index >= 15 is 0 Å². The van der Waals surface area contributed by atoms with Crippen molar-refractivity contribution in [3.63, 3.8) is 0 Å². The molecule has 9 heteroatoms. The molecule has 0 aromatic carbocycles. The van der Waals surface area contributed by atoms with Crippen molar-refractivity contribution in [2.75, 3.05) is 5.32 Å². The molecular formula is C11H6ClFN4O3. The number of aromatic nitrogens is 2. The normalized spacial score (nSPS) is 10.1. The summed E-state index contributed by atoms with van der Waals surface area (Å²) in [5.74, 6) is -1.69. The Morgan fingerprint density at radius 3 is 2.85 bits per heavy atom. The molecule has 0 aliphatic carbocycles. The summed E-state index contributed by atoms with van der Waals surface area (Å²) in [4.78, 5) is 28.9. The predicted octanol–water partition coefficient (Wildman–Crippen LogP) is 2.43. The molecule has 0 spiro atoms. The molecular weight excluding hydrogens is 291 g/mol. The molecule has 0 aliphatic heterocycles. The number of hydrogen-bond acceptors (Lipinski definition) is 5. The fraction of sp³-hybridized carbons (Fsp3) is 0. The smallest absolute Gasteiger partial charge is 0.300 e. The number of hydrogen-bond donors (Lipinski definition) is 1. The summed E-state index contributed by atoms with van der Waals surface area (Å²) < 4.78 is 12.9. The van der Waals surface area contributed by atoms with Gasteiger partial charge in [-0.05, 0) is 18.2 Å². The zero-order valence-corrected chi connectivity index (χ0v) is 10.5. The van der Waals surface area contributed by atoms with E-state index in [1.165, 1.54) is 12.1 Å². The van der Waals surface area contributed by atoms with Gasteiger partial charge < -0.3 is 5.32 Å². The lowest BCUT2D eigenvalue weighted by molar-refractivity contribution is -0.385. The van der Waals surface area contributed by atoms with Gasteiger partial charge in [-0.2, -0.15) is 4.39 Å². The highest BCUT2D eigenvalue weighted by Gasteiger charge is 2.21. The number of pyridine rings is 2. The highest BCUT2D eigenvalue weighted by molar-refractivity contribution is 6.30. The zero-order chi connectivity index (χ0) is 14.7. The maximum absolute atomic E-state index is 12.9. The standard InChI is InChI=1S/C11H6ClFN4O3/c12-8-4-6(7(5-14-8)17(19)20)11(18)16-10-3-1-2-9(13)15-10/h1-5H,(H,15,16,18).